The Labute approximate surface area is 91.5 Å². The molecule has 0 bridgehead atoms. The van der Waals surface area contributed by atoms with Gasteiger partial charge in [-0.3, -0.25) is 0 Å². The van der Waals surface area contributed by atoms with Crippen LogP contribution >= 0.6 is 23.2 Å². The highest BCUT2D eigenvalue weighted by atomic mass is 35.5. The van der Waals surface area contributed by atoms with Gasteiger partial charge in [-0.25, -0.2) is 0 Å². The Kier molecular flexibility index (Phi) is 2.66. The Morgan fingerprint density at radius 2 is 1.86 bits per heavy atom. The van der Waals surface area contributed by atoms with Crippen molar-refractivity contribution >= 4 is 23.2 Å². The molecule has 1 heterocycles. The van der Waals surface area contributed by atoms with Crippen LogP contribution in [0, 0.1) is 0 Å². The lowest BCUT2D eigenvalue weighted by molar-refractivity contribution is 1.04. The third kappa shape index (κ3) is 1.86. The van der Waals surface area contributed by atoms with Crippen molar-refractivity contribution in [1.29, 1.82) is 0 Å². The van der Waals surface area contributed by atoms with Gasteiger partial charge in [0.25, 0.3) is 0 Å². The first-order chi connectivity index (χ1) is 6.77. The third-order valence-corrected chi connectivity index (χ3v) is 2.31. The molecule has 2 aromatic rings. The second-order valence-electron chi connectivity index (χ2n) is 2.74. The summed E-state index contributed by atoms with van der Waals surface area (Å²) in [7, 11) is 0. The molecule has 0 fully saturated rings. The quantitative estimate of drug-likeness (QED) is 0.742. The molecule has 1 aromatic heterocycles. The number of rotatable bonds is 1. The van der Waals surface area contributed by atoms with Gasteiger partial charge in [-0.05, 0) is 12.1 Å². The monoisotopic (exact) mass is 224 g/mol. The van der Waals surface area contributed by atoms with Crippen molar-refractivity contribution < 1.29 is 0 Å². The molecule has 70 valence electrons. The Morgan fingerprint density at radius 3 is 2.57 bits per heavy atom. The number of nitrogens with zero attached hydrogens (tertiary/aromatic N) is 2. The molecule has 0 aliphatic carbocycles. The van der Waals surface area contributed by atoms with Crippen molar-refractivity contribution in [2.45, 2.75) is 0 Å². The van der Waals surface area contributed by atoms with E-state index in [4.69, 9.17) is 23.2 Å². The summed E-state index contributed by atoms with van der Waals surface area (Å²) in [4.78, 5) is 0. The topological polar surface area (TPSA) is 25.8 Å². The summed E-state index contributed by atoms with van der Waals surface area (Å²) in [6, 6.07) is 9.17. The maximum atomic E-state index is 6.00. The zero-order valence-electron chi connectivity index (χ0n) is 7.11. The van der Waals surface area contributed by atoms with Gasteiger partial charge in [0.05, 0.1) is 21.9 Å². The van der Waals surface area contributed by atoms with Crippen LogP contribution in [-0.2, 0) is 0 Å². The molecule has 0 N–H and O–H groups in total. The molecule has 0 amide bonds. The summed E-state index contributed by atoms with van der Waals surface area (Å²) < 4.78 is 0. The summed E-state index contributed by atoms with van der Waals surface area (Å²) in [6.07, 6.45) is 1.49. The summed E-state index contributed by atoms with van der Waals surface area (Å²) in [5.74, 6) is 0. The Morgan fingerprint density at radius 1 is 1.07 bits per heavy atom. The summed E-state index contributed by atoms with van der Waals surface area (Å²) in [5, 5.41) is 8.91. The van der Waals surface area contributed by atoms with Gasteiger partial charge in [0.15, 0.2) is 0 Å². The number of hydrogen-bond donors (Lipinski definition) is 0. The number of hydrogen-bond acceptors (Lipinski definition) is 2. The van der Waals surface area contributed by atoms with Crippen molar-refractivity contribution in [2.24, 2.45) is 0 Å². The number of aromatic nitrogens is 2. The molecule has 2 nitrogen and oxygen atoms in total. The Balaban J connectivity index is 2.55. The average molecular weight is 225 g/mol. The van der Waals surface area contributed by atoms with Crippen LogP contribution in [0.15, 0.2) is 36.5 Å². The molecule has 2 rings (SSSR count). The summed E-state index contributed by atoms with van der Waals surface area (Å²) in [6.45, 7) is 0. The van der Waals surface area contributed by atoms with Crippen LogP contribution < -0.4 is 0 Å². The summed E-state index contributed by atoms with van der Waals surface area (Å²) in [5.41, 5.74) is 1.52. The van der Waals surface area contributed by atoms with E-state index in [9.17, 15) is 0 Å². The fourth-order valence-corrected chi connectivity index (χ4v) is 1.52. The maximum Gasteiger partial charge on any atom is 0.0959 e. The van der Waals surface area contributed by atoms with Crippen molar-refractivity contribution in [3.05, 3.63) is 46.6 Å². The normalized spacial score (nSPS) is 10.1. The smallest absolute Gasteiger partial charge is 0.0959 e. The highest BCUT2D eigenvalue weighted by molar-refractivity contribution is 6.33. The van der Waals surface area contributed by atoms with E-state index >= 15 is 0 Å². The van der Waals surface area contributed by atoms with Crippen LogP contribution in [-0.4, -0.2) is 10.2 Å². The fourth-order valence-electron chi connectivity index (χ4n) is 1.14. The first-order valence-electron chi connectivity index (χ1n) is 4.00. The van der Waals surface area contributed by atoms with Crippen LogP contribution in [0.1, 0.15) is 0 Å². The van der Waals surface area contributed by atoms with E-state index in [2.05, 4.69) is 10.2 Å². The van der Waals surface area contributed by atoms with E-state index in [0.29, 0.717) is 15.7 Å². The van der Waals surface area contributed by atoms with Gasteiger partial charge in [0, 0.05) is 5.56 Å². The molecule has 0 saturated carbocycles. The second-order valence-corrected chi connectivity index (χ2v) is 3.58. The first-order valence-corrected chi connectivity index (χ1v) is 4.76. The van der Waals surface area contributed by atoms with Gasteiger partial charge >= 0.3 is 0 Å². The lowest BCUT2D eigenvalue weighted by Crippen LogP contribution is -1.87. The number of benzene rings is 1. The minimum absolute atomic E-state index is 0.551. The third-order valence-electron chi connectivity index (χ3n) is 1.77. The largest absolute Gasteiger partial charge is 0.157 e. The van der Waals surface area contributed by atoms with Crippen molar-refractivity contribution in [3.63, 3.8) is 0 Å². The maximum absolute atomic E-state index is 6.00. The molecule has 0 atom stereocenters. The van der Waals surface area contributed by atoms with Crippen LogP contribution in [0.25, 0.3) is 11.3 Å². The Hall–Kier alpha value is -1.12. The highest BCUT2D eigenvalue weighted by Gasteiger charge is 2.04. The highest BCUT2D eigenvalue weighted by Crippen LogP contribution is 2.26. The van der Waals surface area contributed by atoms with Gasteiger partial charge < -0.3 is 0 Å². The minimum atomic E-state index is 0.551. The summed E-state index contributed by atoms with van der Waals surface area (Å²) >= 11 is 11.8. The van der Waals surface area contributed by atoms with E-state index in [0.717, 1.165) is 5.56 Å². The molecule has 14 heavy (non-hydrogen) atoms. The fraction of sp³-hybridized carbons (Fsp3) is 0. The zero-order valence-corrected chi connectivity index (χ0v) is 8.63. The van der Waals surface area contributed by atoms with Crippen LogP contribution in [0.4, 0.5) is 0 Å². The molecule has 0 saturated heterocycles. The lowest BCUT2D eigenvalue weighted by atomic mass is 10.1. The molecule has 0 unspecified atom stereocenters. The van der Waals surface area contributed by atoms with E-state index in [-0.39, 0.29) is 0 Å². The van der Waals surface area contributed by atoms with Crippen LogP contribution in [0.2, 0.25) is 10.0 Å². The molecule has 0 radical (unpaired) electrons. The van der Waals surface area contributed by atoms with E-state index < -0.39 is 0 Å². The molecule has 4 heteroatoms. The lowest BCUT2D eigenvalue weighted by Gasteiger charge is -2.01. The van der Waals surface area contributed by atoms with Gasteiger partial charge in [-0.1, -0.05) is 41.4 Å². The average Bonchev–Trinajstić information content (AvgIpc) is 2.18. The molecule has 1 aromatic carbocycles. The SMILES string of the molecule is Clc1cnnc(-c2ccccc2Cl)c1. The van der Waals surface area contributed by atoms with Crippen LogP contribution in [0.5, 0.6) is 0 Å². The predicted molar refractivity (Wildman–Crippen MR) is 57.5 cm³/mol. The predicted octanol–water partition coefficient (Wildman–Crippen LogP) is 3.45. The van der Waals surface area contributed by atoms with Crippen molar-refractivity contribution in [1.82, 2.24) is 10.2 Å². The Bertz CT molecular complexity index is 457. The van der Waals surface area contributed by atoms with Gasteiger partial charge in [0.1, 0.15) is 0 Å². The second kappa shape index (κ2) is 3.95. The number of halogens is 2. The standard InChI is InChI=1S/C10H6Cl2N2/c11-7-5-10(14-13-6-7)8-3-1-2-4-9(8)12/h1-6H. The van der Waals surface area contributed by atoms with Gasteiger partial charge in [0.2, 0.25) is 0 Å². The first kappa shape index (κ1) is 9.44. The van der Waals surface area contributed by atoms with Crippen molar-refractivity contribution in [2.75, 3.05) is 0 Å². The zero-order chi connectivity index (χ0) is 9.97. The minimum Gasteiger partial charge on any atom is -0.157 e. The molecule has 0 spiro atoms. The van der Waals surface area contributed by atoms with Gasteiger partial charge in [-0.15, -0.1) is 0 Å². The van der Waals surface area contributed by atoms with Gasteiger partial charge in [-0.2, -0.15) is 10.2 Å². The van der Waals surface area contributed by atoms with E-state index in [1.165, 1.54) is 6.20 Å². The molecular weight excluding hydrogens is 219 g/mol. The molecule has 0 aliphatic rings. The molecular formula is C10H6Cl2N2. The van der Waals surface area contributed by atoms with Crippen LogP contribution in [0.3, 0.4) is 0 Å². The molecule has 0 aliphatic heterocycles. The van der Waals surface area contributed by atoms with E-state index in [1.807, 2.05) is 18.2 Å². The van der Waals surface area contributed by atoms with E-state index in [1.54, 1.807) is 12.1 Å². The van der Waals surface area contributed by atoms with Crippen molar-refractivity contribution in [3.8, 4) is 11.3 Å².